The molecule has 0 unspecified atom stereocenters. The van der Waals surface area contributed by atoms with Crippen molar-refractivity contribution >= 4 is 5.97 Å². The van der Waals surface area contributed by atoms with Crippen LogP contribution in [-0.2, 0) is 9.53 Å². The van der Waals surface area contributed by atoms with Gasteiger partial charge in [-0.05, 0) is 41.0 Å². The van der Waals surface area contributed by atoms with E-state index in [1.165, 1.54) is 6.42 Å². The normalized spacial score (nSPS) is 18.9. The molecule has 0 aromatic rings. The number of carbonyl (C=O) groups excluding carboxylic acids is 1. The van der Waals surface area contributed by atoms with E-state index in [1.54, 1.807) is 0 Å². The van der Waals surface area contributed by atoms with Crippen LogP contribution in [0.3, 0.4) is 0 Å². The van der Waals surface area contributed by atoms with E-state index in [9.17, 15) is 4.79 Å². The van der Waals surface area contributed by atoms with Gasteiger partial charge in [0.05, 0.1) is 0 Å². The SMILES string of the molecule is CC(C)(C)OC(=O)C(C)(C)N1CCC1. The largest absolute Gasteiger partial charge is 0.459 e. The molecule has 0 aromatic heterocycles. The molecule has 1 aliphatic rings. The third-order valence-corrected chi connectivity index (χ3v) is 2.55. The average Bonchev–Trinajstić information content (AvgIpc) is 1.76. The molecule has 1 rings (SSSR count). The lowest BCUT2D eigenvalue weighted by Gasteiger charge is -2.43. The third-order valence-electron chi connectivity index (χ3n) is 2.55. The molecule has 0 N–H and O–H groups in total. The van der Waals surface area contributed by atoms with E-state index < -0.39 is 5.54 Å². The van der Waals surface area contributed by atoms with Crippen molar-refractivity contribution in [3.63, 3.8) is 0 Å². The predicted octanol–water partition coefficient (Wildman–Crippen LogP) is 1.81. The average molecular weight is 199 g/mol. The Morgan fingerprint density at radius 3 is 1.93 bits per heavy atom. The maximum Gasteiger partial charge on any atom is 0.326 e. The summed E-state index contributed by atoms with van der Waals surface area (Å²) in [4.78, 5) is 14.0. The number of hydrogen-bond acceptors (Lipinski definition) is 3. The number of likely N-dealkylation sites (tertiary alicyclic amines) is 1. The topological polar surface area (TPSA) is 29.5 Å². The van der Waals surface area contributed by atoms with E-state index in [0.717, 1.165) is 13.1 Å². The van der Waals surface area contributed by atoms with Crippen LogP contribution in [0.4, 0.5) is 0 Å². The van der Waals surface area contributed by atoms with Gasteiger partial charge >= 0.3 is 5.97 Å². The number of esters is 1. The summed E-state index contributed by atoms with van der Waals surface area (Å²) in [6.45, 7) is 11.6. The Morgan fingerprint density at radius 1 is 1.14 bits per heavy atom. The van der Waals surface area contributed by atoms with Crippen molar-refractivity contribution in [1.29, 1.82) is 0 Å². The molecule has 3 nitrogen and oxygen atoms in total. The first-order valence-corrected chi connectivity index (χ1v) is 5.22. The van der Waals surface area contributed by atoms with Gasteiger partial charge in [0.15, 0.2) is 0 Å². The first kappa shape index (κ1) is 11.5. The van der Waals surface area contributed by atoms with Crippen LogP contribution in [0.1, 0.15) is 41.0 Å². The highest BCUT2D eigenvalue weighted by atomic mass is 16.6. The fourth-order valence-corrected chi connectivity index (χ4v) is 1.41. The van der Waals surface area contributed by atoms with Gasteiger partial charge in [0, 0.05) is 13.1 Å². The van der Waals surface area contributed by atoms with E-state index in [-0.39, 0.29) is 11.6 Å². The monoisotopic (exact) mass is 199 g/mol. The molecule has 0 atom stereocenters. The zero-order valence-electron chi connectivity index (χ0n) is 9.89. The maximum absolute atomic E-state index is 11.9. The van der Waals surface area contributed by atoms with Gasteiger partial charge in [-0.2, -0.15) is 0 Å². The van der Waals surface area contributed by atoms with Crippen molar-refractivity contribution in [2.45, 2.75) is 52.2 Å². The van der Waals surface area contributed by atoms with Crippen molar-refractivity contribution in [2.75, 3.05) is 13.1 Å². The third kappa shape index (κ3) is 2.47. The lowest BCUT2D eigenvalue weighted by molar-refractivity contribution is -0.170. The minimum Gasteiger partial charge on any atom is -0.459 e. The van der Waals surface area contributed by atoms with Crippen molar-refractivity contribution < 1.29 is 9.53 Å². The van der Waals surface area contributed by atoms with E-state index in [4.69, 9.17) is 4.74 Å². The van der Waals surface area contributed by atoms with Gasteiger partial charge in [-0.15, -0.1) is 0 Å². The predicted molar refractivity (Wildman–Crippen MR) is 56.1 cm³/mol. The molecule has 0 bridgehead atoms. The van der Waals surface area contributed by atoms with Crippen molar-refractivity contribution in [1.82, 2.24) is 4.90 Å². The minimum absolute atomic E-state index is 0.121. The molecule has 0 aromatic carbocycles. The summed E-state index contributed by atoms with van der Waals surface area (Å²) < 4.78 is 5.38. The highest BCUT2D eigenvalue weighted by Gasteiger charge is 2.40. The maximum atomic E-state index is 11.9. The van der Waals surface area contributed by atoms with Gasteiger partial charge in [-0.1, -0.05) is 0 Å². The summed E-state index contributed by atoms with van der Waals surface area (Å²) in [5.41, 5.74) is -0.856. The summed E-state index contributed by atoms with van der Waals surface area (Å²) >= 11 is 0. The summed E-state index contributed by atoms with van der Waals surface area (Å²) in [6.07, 6.45) is 1.19. The van der Waals surface area contributed by atoms with Crippen LogP contribution in [0, 0.1) is 0 Å². The van der Waals surface area contributed by atoms with Crippen LogP contribution in [0.15, 0.2) is 0 Å². The smallest absolute Gasteiger partial charge is 0.326 e. The van der Waals surface area contributed by atoms with Crippen LogP contribution >= 0.6 is 0 Å². The zero-order valence-corrected chi connectivity index (χ0v) is 9.89. The van der Waals surface area contributed by atoms with E-state index in [1.807, 2.05) is 34.6 Å². The van der Waals surface area contributed by atoms with Crippen molar-refractivity contribution in [2.24, 2.45) is 0 Å². The molecule has 14 heavy (non-hydrogen) atoms. The Morgan fingerprint density at radius 2 is 1.64 bits per heavy atom. The standard InChI is InChI=1S/C11H21NO2/c1-10(2,3)14-9(13)11(4,5)12-7-6-8-12/h6-8H2,1-5H3. The molecular formula is C11H21NO2. The van der Waals surface area contributed by atoms with Crippen LogP contribution < -0.4 is 0 Å². The molecule has 1 saturated heterocycles. The summed E-state index contributed by atoms with van der Waals surface area (Å²) in [6, 6.07) is 0. The molecule has 3 heteroatoms. The molecule has 0 spiro atoms. The van der Waals surface area contributed by atoms with Gasteiger partial charge in [-0.3, -0.25) is 9.69 Å². The molecule has 0 radical (unpaired) electrons. The van der Waals surface area contributed by atoms with Crippen molar-refractivity contribution in [3.05, 3.63) is 0 Å². The lowest BCUT2D eigenvalue weighted by Crippen LogP contribution is -2.57. The number of hydrogen-bond donors (Lipinski definition) is 0. The molecule has 0 saturated carbocycles. The summed E-state index contributed by atoms with van der Waals surface area (Å²) in [5, 5.41) is 0. The van der Waals surface area contributed by atoms with Gasteiger partial charge in [0.2, 0.25) is 0 Å². The summed E-state index contributed by atoms with van der Waals surface area (Å²) in [5.74, 6) is -0.121. The molecular weight excluding hydrogens is 178 g/mol. The van der Waals surface area contributed by atoms with Crippen LogP contribution in [-0.4, -0.2) is 35.1 Å². The number of carbonyl (C=O) groups is 1. The Hall–Kier alpha value is -0.570. The van der Waals surface area contributed by atoms with E-state index in [2.05, 4.69) is 4.90 Å². The zero-order chi connectivity index (χ0) is 11.0. The minimum atomic E-state index is -0.467. The number of rotatable bonds is 2. The first-order chi connectivity index (χ1) is 6.23. The molecule has 0 amide bonds. The van der Waals surface area contributed by atoms with Gasteiger partial charge in [-0.25, -0.2) is 0 Å². The van der Waals surface area contributed by atoms with Crippen LogP contribution in [0.25, 0.3) is 0 Å². The molecule has 1 aliphatic heterocycles. The molecule has 1 heterocycles. The number of ether oxygens (including phenoxy) is 1. The van der Waals surface area contributed by atoms with Crippen LogP contribution in [0.5, 0.6) is 0 Å². The highest BCUT2D eigenvalue weighted by molar-refractivity contribution is 5.80. The number of nitrogens with zero attached hydrogens (tertiary/aromatic N) is 1. The lowest BCUT2D eigenvalue weighted by atomic mass is 9.98. The highest BCUT2D eigenvalue weighted by Crippen LogP contribution is 2.24. The van der Waals surface area contributed by atoms with Gasteiger partial charge in [0.1, 0.15) is 11.1 Å². The Labute approximate surface area is 86.4 Å². The molecule has 1 fully saturated rings. The Bertz CT molecular complexity index is 224. The fourth-order valence-electron chi connectivity index (χ4n) is 1.41. The second-order valence-electron chi connectivity index (χ2n) is 5.40. The second-order valence-corrected chi connectivity index (χ2v) is 5.40. The van der Waals surface area contributed by atoms with Gasteiger partial charge < -0.3 is 4.74 Å². The summed E-state index contributed by atoms with van der Waals surface area (Å²) in [7, 11) is 0. The first-order valence-electron chi connectivity index (χ1n) is 5.22. The van der Waals surface area contributed by atoms with E-state index >= 15 is 0 Å². The Balaban J connectivity index is 2.58. The Kier molecular flexibility index (Phi) is 2.91. The van der Waals surface area contributed by atoms with Crippen LogP contribution in [0.2, 0.25) is 0 Å². The molecule has 0 aliphatic carbocycles. The fraction of sp³-hybridized carbons (Fsp3) is 0.909. The van der Waals surface area contributed by atoms with E-state index in [0.29, 0.717) is 0 Å². The van der Waals surface area contributed by atoms with Gasteiger partial charge in [0.25, 0.3) is 0 Å². The molecule has 82 valence electrons. The quantitative estimate of drug-likeness (QED) is 0.635. The second kappa shape index (κ2) is 3.54. The van der Waals surface area contributed by atoms with Crippen molar-refractivity contribution in [3.8, 4) is 0 Å².